The van der Waals surface area contributed by atoms with Crippen molar-refractivity contribution in [2.75, 3.05) is 27.2 Å². The van der Waals surface area contributed by atoms with E-state index in [0.29, 0.717) is 18.5 Å². The van der Waals surface area contributed by atoms with Crippen LogP contribution in [0.2, 0.25) is 0 Å². The molecular weight excluding hydrogens is 349 g/mol. The van der Waals surface area contributed by atoms with Gasteiger partial charge in [0.25, 0.3) is 5.91 Å². The van der Waals surface area contributed by atoms with Gasteiger partial charge in [0.2, 0.25) is 5.91 Å². The van der Waals surface area contributed by atoms with E-state index in [-0.39, 0.29) is 28.7 Å². The van der Waals surface area contributed by atoms with Crippen molar-refractivity contribution >= 4 is 11.8 Å². The summed E-state index contributed by atoms with van der Waals surface area (Å²) in [4.78, 5) is 30.1. The van der Waals surface area contributed by atoms with Crippen LogP contribution in [0, 0.1) is 22.6 Å². The van der Waals surface area contributed by atoms with Crippen LogP contribution >= 0.6 is 0 Å². The van der Waals surface area contributed by atoms with Gasteiger partial charge in [-0.3, -0.25) is 9.59 Å². The van der Waals surface area contributed by atoms with Gasteiger partial charge < -0.3 is 15.0 Å². The van der Waals surface area contributed by atoms with Crippen LogP contribution in [0.15, 0.2) is 12.3 Å². The fourth-order valence-electron chi connectivity index (χ4n) is 3.87. The summed E-state index contributed by atoms with van der Waals surface area (Å²) in [6.07, 6.45) is 5.89. The molecule has 2 amide bonds. The van der Waals surface area contributed by atoms with Crippen molar-refractivity contribution in [3.8, 4) is 5.75 Å². The van der Waals surface area contributed by atoms with Crippen LogP contribution in [-0.4, -0.2) is 48.9 Å². The summed E-state index contributed by atoms with van der Waals surface area (Å²) < 4.78 is 19.0. The number of halogens is 1. The number of ether oxygens (including phenoxy) is 1. The predicted octanol–water partition coefficient (Wildman–Crippen LogP) is 2.63. The highest BCUT2D eigenvalue weighted by Gasteiger charge is 2.54. The van der Waals surface area contributed by atoms with Gasteiger partial charge in [-0.15, -0.1) is 0 Å². The molecule has 1 spiro atoms. The van der Waals surface area contributed by atoms with E-state index in [0.717, 1.165) is 18.9 Å². The molecule has 2 aliphatic carbocycles. The van der Waals surface area contributed by atoms with Crippen molar-refractivity contribution in [2.45, 2.75) is 39.5 Å². The molecule has 0 radical (unpaired) electrons. The van der Waals surface area contributed by atoms with Gasteiger partial charge in [0, 0.05) is 32.1 Å². The number of aromatic nitrogens is 1. The molecule has 0 atom stereocenters. The molecule has 2 fully saturated rings. The molecule has 7 heteroatoms. The van der Waals surface area contributed by atoms with E-state index in [1.165, 1.54) is 31.0 Å². The Morgan fingerprint density at radius 1 is 1.41 bits per heavy atom. The summed E-state index contributed by atoms with van der Waals surface area (Å²) in [5.41, 5.74) is -0.0776. The van der Waals surface area contributed by atoms with E-state index in [9.17, 15) is 14.0 Å². The molecule has 148 valence electrons. The van der Waals surface area contributed by atoms with Crippen LogP contribution < -0.4 is 10.1 Å². The molecule has 0 aliphatic heterocycles. The maximum Gasteiger partial charge on any atom is 0.275 e. The van der Waals surface area contributed by atoms with Crippen LogP contribution in [0.25, 0.3) is 0 Å². The molecule has 0 unspecified atom stereocenters. The average Bonchev–Trinajstić information content (AvgIpc) is 3.38. The third-order valence-corrected chi connectivity index (χ3v) is 5.69. The molecule has 2 aliphatic rings. The molecule has 0 bridgehead atoms. The Kier molecular flexibility index (Phi) is 5.14. The largest absolute Gasteiger partial charge is 0.495 e. The third kappa shape index (κ3) is 4.39. The molecule has 1 N–H and O–H groups in total. The van der Waals surface area contributed by atoms with Gasteiger partial charge in [-0.1, -0.05) is 13.8 Å². The van der Waals surface area contributed by atoms with E-state index in [1.807, 2.05) is 13.8 Å². The standard InChI is InChI=1S/C20H28FN3O3/c1-19(2,11-23-17(25)13-8-20(9-13)5-6-20)12-24(3)18(26)16-15(21)7-14(27-4)10-22-16/h7,10,13H,5-6,8-9,11-12H2,1-4H3,(H,23,25). The molecule has 0 aromatic carbocycles. The van der Waals surface area contributed by atoms with Gasteiger partial charge in [-0.05, 0) is 36.5 Å². The quantitative estimate of drug-likeness (QED) is 0.793. The van der Waals surface area contributed by atoms with Gasteiger partial charge in [-0.2, -0.15) is 0 Å². The lowest BCUT2D eigenvalue weighted by Crippen LogP contribution is -2.46. The molecule has 1 heterocycles. The van der Waals surface area contributed by atoms with Crippen LogP contribution in [0.5, 0.6) is 5.75 Å². The zero-order valence-corrected chi connectivity index (χ0v) is 16.5. The molecule has 2 saturated carbocycles. The lowest BCUT2D eigenvalue weighted by atomic mass is 9.71. The number of pyridine rings is 1. The maximum atomic E-state index is 14.1. The fourth-order valence-corrected chi connectivity index (χ4v) is 3.87. The molecule has 27 heavy (non-hydrogen) atoms. The van der Waals surface area contributed by atoms with Crippen LogP contribution in [-0.2, 0) is 4.79 Å². The zero-order chi connectivity index (χ0) is 19.8. The van der Waals surface area contributed by atoms with Gasteiger partial charge in [0.15, 0.2) is 11.5 Å². The van der Waals surface area contributed by atoms with E-state index < -0.39 is 11.7 Å². The molecule has 1 aromatic heterocycles. The van der Waals surface area contributed by atoms with E-state index in [4.69, 9.17) is 4.74 Å². The second-order valence-corrected chi connectivity index (χ2v) is 8.85. The Balaban J connectivity index is 1.51. The number of nitrogens with zero attached hydrogens (tertiary/aromatic N) is 2. The van der Waals surface area contributed by atoms with E-state index in [1.54, 1.807) is 7.05 Å². The highest BCUT2D eigenvalue weighted by molar-refractivity contribution is 5.92. The Labute approximate surface area is 159 Å². The Morgan fingerprint density at radius 2 is 2.07 bits per heavy atom. The first kappa shape index (κ1) is 19.6. The number of carbonyl (C=O) groups is 2. The fraction of sp³-hybridized carbons (Fsp3) is 0.650. The summed E-state index contributed by atoms with van der Waals surface area (Å²) >= 11 is 0. The number of carbonyl (C=O) groups excluding carboxylic acids is 2. The second kappa shape index (κ2) is 7.09. The Hall–Kier alpha value is -2.18. The normalized spacial score (nSPS) is 18.0. The third-order valence-electron chi connectivity index (χ3n) is 5.69. The second-order valence-electron chi connectivity index (χ2n) is 8.85. The van der Waals surface area contributed by atoms with Crippen molar-refractivity contribution in [1.82, 2.24) is 15.2 Å². The van der Waals surface area contributed by atoms with Gasteiger partial charge in [-0.25, -0.2) is 9.37 Å². The minimum atomic E-state index is -0.712. The smallest absolute Gasteiger partial charge is 0.275 e. The van der Waals surface area contributed by atoms with Gasteiger partial charge in [0.1, 0.15) is 5.75 Å². The highest BCUT2D eigenvalue weighted by Crippen LogP contribution is 2.63. The summed E-state index contributed by atoms with van der Waals surface area (Å²) in [7, 11) is 3.02. The monoisotopic (exact) mass is 377 g/mol. The number of nitrogens with one attached hydrogen (secondary N) is 1. The summed E-state index contributed by atoms with van der Waals surface area (Å²) in [6, 6.07) is 1.14. The van der Waals surface area contributed by atoms with Crippen LogP contribution in [0.4, 0.5) is 4.39 Å². The summed E-state index contributed by atoms with van der Waals surface area (Å²) in [6.45, 7) is 4.77. The van der Waals surface area contributed by atoms with Gasteiger partial charge >= 0.3 is 0 Å². The minimum Gasteiger partial charge on any atom is -0.495 e. The van der Waals surface area contributed by atoms with Crippen molar-refractivity contribution in [2.24, 2.45) is 16.7 Å². The Bertz CT molecular complexity index is 738. The molecule has 3 rings (SSSR count). The number of amides is 2. The molecule has 6 nitrogen and oxygen atoms in total. The zero-order valence-electron chi connectivity index (χ0n) is 16.5. The lowest BCUT2D eigenvalue weighted by molar-refractivity contribution is -0.130. The molecular formula is C20H28FN3O3. The number of methoxy groups -OCH3 is 1. The molecule has 0 saturated heterocycles. The van der Waals surface area contributed by atoms with Crippen LogP contribution in [0.1, 0.15) is 50.0 Å². The maximum absolute atomic E-state index is 14.1. The Morgan fingerprint density at radius 3 is 2.63 bits per heavy atom. The lowest BCUT2D eigenvalue weighted by Gasteiger charge is -2.36. The van der Waals surface area contributed by atoms with E-state index in [2.05, 4.69) is 10.3 Å². The predicted molar refractivity (Wildman–Crippen MR) is 98.9 cm³/mol. The van der Waals surface area contributed by atoms with Crippen molar-refractivity contribution in [3.05, 3.63) is 23.8 Å². The van der Waals surface area contributed by atoms with Crippen molar-refractivity contribution < 1.29 is 18.7 Å². The first-order valence-corrected chi connectivity index (χ1v) is 9.37. The number of hydrogen-bond donors (Lipinski definition) is 1. The summed E-state index contributed by atoms with van der Waals surface area (Å²) in [5, 5.41) is 3.02. The van der Waals surface area contributed by atoms with E-state index >= 15 is 0 Å². The summed E-state index contributed by atoms with van der Waals surface area (Å²) in [5.74, 6) is -0.697. The van der Waals surface area contributed by atoms with Crippen molar-refractivity contribution in [1.29, 1.82) is 0 Å². The van der Waals surface area contributed by atoms with Crippen LogP contribution in [0.3, 0.4) is 0 Å². The van der Waals surface area contributed by atoms with Crippen molar-refractivity contribution in [3.63, 3.8) is 0 Å². The molecule has 1 aromatic rings. The topological polar surface area (TPSA) is 71.5 Å². The first-order chi connectivity index (χ1) is 12.6. The average molecular weight is 377 g/mol. The minimum absolute atomic E-state index is 0.109. The van der Waals surface area contributed by atoms with Gasteiger partial charge in [0.05, 0.1) is 13.3 Å². The highest BCUT2D eigenvalue weighted by atomic mass is 19.1. The number of hydrogen-bond acceptors (Lipinski definition) is 4. The number of rotatable bonds is 7. The SMILES string of the molecule is COc1cnc(C(=O)N(C)CC(C)(C)CNC(=O)C2CC3(CC3)C2)c(F)c1. The first-order valence-electron chi connectivity index (χ1n) is 9.37.